The Balaban J connectivity index is 2.16. The number of nitrogens with one attached hydrogen (secondary N) is 1. The summed E-state index contributed by atoms with van der Waals surface area (Å²) in [6, 6.07) is 6.92. The molecule has 1 N–H and O–H groups in total. The fraction of sp³-hybridized carbons (Fsp3) is 0.500. The third-order valence-electron chi connectivity index (χ3n) is 3.14. The van der Waals surface area contributed by atoms with E-state index in [0.717, 1.165) is 24.9 Å². The summed E-state index contributed by atoms with van der Waals surface area (Å²) >= 11 is 0. The van der Waals surface area contributed by atoms with Crippen LogP contribution in [0.2, 0.25) is 0 Å². The van der Waals surface area contributed by atoms with E-state index in [9.17, 15) is 8.42 Å². The van der Waals surface area contributed by atoms with Crippen molar-refractivity contribution < 1.29 is 8.42 Å². The highest BCUT2D eigenvalue weighted by Crippen LogP contribution is 2.16. The normalized spacial score (nSPS) is 21.9. The molecule has 0 bridgehead atoms. The fourth-order valence-electron chi connectivity index (χ4n) is 2.02. The smallest absolute Gasteiger partial charge is 0.241 e. The molecule has 0 radical (unpaired) electrons. The van der Waals surface area contributed by atoms with Crippen molar-refractivity contribution >= 4 is 10.0 Å². The van der Waals surface area contributed by atoms with Crippen molar-refractivity contribution in [3.63, 3.8) is 0 Å². The summed E-state index contributed by atoms with van der Waals surface area (Å²) in [4.78, 5) is 2.37. The number of sulfonamides is 1. The highest BCUT2D eigenvalue weighted by molar-refractivity contribution is 7.89. The summed E-state index contributed by atoms with van der Waals surface area (Å²) in [6.45, 7) is 2.88. The van der Waals surface area contributed by atoms with Gasteiger partial charge in [0.1, 0.15) is 0 Å². The number of hydrogen-bond donors (Lipinski definition) is 1. The zero-order valence-corrected chi connectivity index (χ0v) is 11.0. The maximum absolute atomic E-state index is 12.1. The van der Waals surface area contributed by atoms with Crippen LogP contribution < -0.4 is 4.72 Å². The van der Waals surface area contributed by atoms with Crippen molar-refractivity contribution in [2.45, 2.75) is 30.8 Å². The van der Waals surface area contributed by atoms with Gasteiger partial charge in [-0.2, -0.15) is 4.72 Å². The second-order valence-electron chi connectivity index (χ2n) is 4.57. The highest BCUT2D eigenvalue weighted by Gasteiger charge is 2.26. The van der Waals surface area contributed by atoms with Gasteiger partial charge in [-0.05, 0) is 45.5 Å². The quantitative estimate of drug-likeness (QED) is 0.885. The van der Waals surface area contributed by atoms with Crippen molar-refractivity contribution in [1.82, 2.24) is 9.62 Å². The van der Waals surface area contributed by atoms with E-state index in [0.29, 0.717) is 4.90 Å². The molecule has 1 fully saturated rings. The zero-order chi connectivity index (χ0) is 12.5. The van der Waals surface area contributed by atoms with E-state index in [1.165, 1.54) is 0 Å². The number of aryl methyl sites for hydroxylation is 1. The van der Waals surface area contributed by atoms with Gasteiger partial charge < -0.3 is 0 Å². The van der Waals surface area contributed by atoms with Crippen molar-refractivity contribution in [2.24, 2.45) is 0 Å². The predicted octanol–water partition coefficient (Wildman–Crippen LogP) is 1.33. The number of likely N-dealkylation sites (tertiary alicyclic amines) is 1. The maximum Gasteiger partial charge on any atom is 0.241 e. The SMILES string of the molecule is Cc1ccc(S(=O)(=O)NC2CCCN2C)cc1. The minimum atomic E-state index is -3.39. The van der Waals surface area contributed by atoms with Gasteiger partial charge in [0, 0.05) is 0 Å². The van der Waals surface area contributed by atoms with E-state index in [1.54, 1.807) is 12.1 Å². The molecular formula is C12H18N2O2S. The highest BCUT2D eigenvalue weighted by atomic mass is 32.2. The summed E-state index contributed by atoms with van der Waals surface area (Å²) < 4.78 is 27.0. The third kappa shape index (κ3) is 2.86. The number of hydrogen-bond acceptors (Lipinski definition) is 3. The average molecular weight is 254 g/mol. The Kier molecular flexibility index (Phi) is 3.51. The molecule has 0 amide bonds. The van der Waals surface area contributed by atoms with E-state index in [2.05, 4.69) is 4.72 Å². The molecule has 94 valence electrons. The molecule has 0 aliphatic carbocycles. The van der Waals surface area contributed by atoms with Crippen LogP contribution in [-0.2, 0) is 10.0 Å². The molecule has 1 aliphatic heterocycles. The van der Waals surface area contributed by atoms with Gasteiger partial charge in [0.05, 0.1) is 11.1 Å². The molecule has 0 aromatic heterocycles. The number of benzene rings is 1. The van der Waals surface area contributed by atoms with E-state index >= 15 is 0 Å². The predicted molar refractivity (Wildman–Crippen MR) is 67.2 cm³/mol. The van der Waals surface area contributed by atoms with Crippen molar-refractivity contribution in [3.8, 4) is 0 Å². The van der Waals surface area contributed by atoms with Gasteiger partial charge in [0.2, 0.25) is 10.0 Å². The molecule has 5 heteroatoms. The van der Waals surface area contributed by atoms with E-state index in [4.69, 9.17) is 0 Å². The minimum Gasteiger partial charge on any atom is -0.290 e. The van der Waals surface area contributed by atoms with Gasteiger partial charge in [-0.25, -0.2) is 8.42 Å². The minimum absolute atomic E-state index is 0.0682. The lowest BCUT2D eigenvalue weighted by molar-refractivity contribution is 0.296. The number of nitrogens with zero attached hydrogens (tertiary/aromatic N) is 1. The Morgan fingerprint density at radius 1 is 1.29 bits per heavy atom. The van der Waals surface area contributed by atoms with Crippen LogP contribution >= 0.6 is 0 Å². The molecule has 1 aromatic carbocycles. The molecule has 1 saturated heterocycles. The Hall–Kier alpha value is -0.910. The standard InChI is InChI=1S/C12H18N2O2S/c1-10-5-7-11(8-6-10)17(15,16)13-12-4-3-9-14(12)2/h5-8,12-13H,3-4,9H2,1-2H3. The Morgan fingerprint density at radius 2 is 1.94 bits per heavy atom. The van der Waals surface area contributed by atoms with Crippen LogP contribution in [0.4, 0.5) is 0 Å². The molecule has 1 atom stereocenters. The zero-order valence-electron chi connectivity index (χ0n) is 10.2. The lowest BCUT2D eigenvalue weighted by Gasteiger charge is -2.20. The molecule has 1 unspecified atom stereocenters. The van der Waals surface area contributed by atoms with Crippen LogP contribution in [0.5, 0.6) is 0 Å². The fourth-order valence-corrected chi connectivity index (χ4v) is 3.31. The molecule has 1 heterocycles. The summed E-state index contributed by atoms with van der Waals surface area (Å²) in [5.41, 5.74) is 1.06. The molecule has 0 spiro atoms. The van der Waals surface area contributed by atoms with E-state index < -0.39 is 10.0 Å². The lowest BCUT2D eigenvalue weighted by atomic mass is 10.2. The third-order valence-corrected chi connectivity index (χ3v) is 4.62. The summed E-state index contributed by atoms with van der Waals surface area (Å²) in [5, 5.41) is 0. The second-order valence-corrected chi connectivity index (χ2v) is 6.29. The topological polar surface area (TPSA) is 49.4 Å². The van der Waals surface area contributed by atoms with E-state index in [1.807, 2.05) is 31.0 Å². The molecule has 1 aromatic rings. The molecule has 17 heavy (non-hydrogen) atoms. The summed E-state index contributed by atoms with van der Waals surface area (Å²) in [6.07, 6.45) is 1.85. The van der Waals surface area contributed by atoms with Crippen molar-refractivity contribution in [3.05, 3.63) is 29.8 Å². The monoisotopic (exact) mass is 254 g/mol. The maximum atomic E-state index is 12.1. The van der Waals surface area contributed by atoms with Crippen LogP contribution in [0.25, 0.3) is 0 Å². The summed E-state index contributed by atoms with van der Waals surface area (Å²) in [7, 11) is -1.45. The van der Waals surface area contributed by atoms with E-state index in [-0.39, 0.29) is 6.17 Å². The second kappa shape index (κ2) is 4.76. The van der Waals surface area contributed by atoms with Gasteiger partial charge in [-0.15, -0.1) is 0 Å². The molecule has 4 nitrogen and oxygen atoms in total. The number of rotatable bonds is 3. The van der Waals surface area contributed by atoms with Crippen LogP contribution in [0.3, 0.4) is 0 Å². The first-order valence-corrected chi connectivity index (χ1v) is 7.26. The Morgan fingerprint density at radius 3 is 2.47 bits per heavy atom. The van der Waals surface area contributed by atoms with Crippen LogP contribution in [0, 0.1) is 6.92 Å². The molecule has 1 aliphatic rings. The van der Waals surface area contributed by atoms with Crippen LogP contribution in [0.15, 0.2) is 29.2 Å². The van der Waals surface area contributed by atoms with Gasteiger partial charge in [-0.3, -0.25) is 4.90 Å². The first-order valence-electron chi connectivity index (χ1n) is 5.78. The van der Waals surface area contributed by atoms with Gasteiger partial charge in [0.25, 0.3) is 0 Å². The van der Waals surface area contributed by atoms with Crippen LogP contribution in [0.1, 0.15) is 18.4 Å². The van der Waals surface area contributed by atoms with Crippen molar-refractivity contribution in [2.75, 3.05) is 13.6 Å². The summed E-state index contributed by atoms with van der Waals surface area (Å²) in [5.74, 6) is 0. The molecule has 2 rings (SSSR count). The Labute approximate surface area is 103 Å². The first-order chi connectivity index (χ1) is 7.99. The Bertz CT molecular complexity index is 482. The van der Waals surface area contributed by atoms with Gasteiger partial charge in [-0.1, -0.05) is 17.7 Å². The van der Waals surface area contributed by atoms with Crippen LogP contribution in [-0.4, -0.2) is 33.1 Å². The van der Waals surface area contributed by atoms with Crippen molar-refractivity contribution in [1.29, 1.82) is 0 Å². The van der Waals surface area contributed by atoms with Gasteiger partial charge >= 0.3 is 0 Å². The van der Waals surface area contributed by atoms with Gasteiger partial charge in [0.15, 0.2) is 0 Å². The lowest BCUT2D eigenvalue weighted by Crippen LogP contribution is -2.42. The molecular weight excluding hydrogens is 236 g/mol. The largest absolute Gasteiger partial charge is 0.290 e. The average Bonchev–Trinajstić information content (AvgIpc) is 2.64. The first kappa shape index (κ1) is 12.5. The molecule has 0 saturated carbocycles.